The highest BCUT2D eigenvalue weighted by molar-refractivity contribution is 5.96. The molecule has 0 aromatic rings. The van der Waals surface area contributed by atoms with Crippen LogP contribution in [0.3, 0.4) is 0 Å². The average molecular weight is 250 g/mol. The van der Waals surface area contributed by atoms with E-state index in [2.05, 4.69) is 6.58 Å². The average Bonchev–Trinajstić information content (AvgIpc) is 2.31. The van der Waals surface area contributed by atoms with Gasteiger partial charge in [0.1, 0.15) is 0 Å². The van der Waals surface area contributed by atoms with Gasteiger partial charge in [-0.2, -0.15) is 0 Å². The SMILES string of the molecule is C=C(CO)[C@@H]1CC[C@@](C)(O)[C@H]2CC(=O)C(C)=C[C@@H]12. The topological polar surface area (TPSA) is 57.5 Å². The maximum Gasteiger partial charge on any atom is 0.158 e. The third-order valence-electron chi connectivity index (χ3n) is 4.70. The highest BCUT2D eigenvalue weighted by atomic mass is 16.3. The monoisotopic (exact) mass is 250 g/mol. The maximum absolute atomic E-state index is 11.8. The summed E-state index contributed by atoms with van der Waals surface area (Å²) < 4.78 is 0. The zero-order chi connectivity index (χ0) is 13.5. The van der Waals surface area contributed by atoms with Gasteiger partial charge in [-0.25, -0.2) is 0 Å². The van der Waals surface area contributed by atoms with Crippen LogP contribution in [-0.2, 0) is 4.79 Å². The molecule has 0 aromatic carbocycles. The summed E-state index contributed by atoms with van der Waals surface area (Å²) in [5, 5.41) is 19.7. The van der Waals surface area contributed by atoms with Gasteiger partial charge in [0.15, 0.2) is 5.78 Å². The van der Waals surface area contributed by atoms with Crippen LogP contribution in [-0.4, -0.2) is 28.2 Å². The van der Waals surface area contributed by atoms with Gasteiger partial charge in [0.25, 0.3) is 0 Å². The summed E-state index contributed by atoms with van der Waals surface area (Å²) in [7, 11) is 0. The number of hydrogen-bond acceptors (Lipinski definition) is 3. The van der Waals surface area contributed by atoms with Crippen LogP contribution in [0.25, 0.3) is 0 Å². The largest absolute Gasteiger partial charge is 0.392 e. The molecule has 100 valence electrons. The number of aliphatic hydroxyl groups excluding tert-OH is 1. The predicted octanol–water partition coefficient (Wildman–Crippen LogP) is 1.85. The number of carbonyl (C=O) groups is 1. The fourth-order valence-corrected chi connectivity index (χ4v) is 3.44. The third-order valence-corrected chi connectivity index (χ3v) is 4.70. The molecule has 3 heteroatoms. The molecule has 1 saturated carbocycles. The number of Topliss-reactive ketones (excluding diaryl/α,β-unsaturated/α-hetero) is 1. The van der Waals surface area contributed by atoms with Crippen LogP contribution in [0.5, 0.6) is 0 Å². The van der Waals surface area contributed by atoms with Crippen molar-refractivity contribution in [3.63, 3.8) is 0 Å². The van der Waals surface area contributed by atoms with E-state index in [1.54, 1.807) is 0 Å². The molecule has 2 N–H and O–H groups in total. The number of allylic oxidation sites excluding steroid dienone is 2. The number of rotatable bonds is 2. The van der Waals surface area contributed by atoms with Crippen molar-refractivity contribution in [2.75, 3.05) is 6.61 Å². The lowest BCUT2D eigenvalue weighted by Crippen LogP contribution is -2.49. The van der Waals surface area contributed by atoms with Crippen molar-refractivity contribution in [3.05, 3.63) is 23.8 Å². The number of carbonyl (C=O) groups excluding carboxylic acids is 1. The molecule has 2 aliphatic rings. The smallest absolute Gasteiger partial charge is 0.158 e. The molecule has 0 aromatic heterocycles. The van der Waals surface area contributed by atoms with E-state index in [1.165, 1.54) is 0 Å². The van der Waals surface area contributed by atoms with Crippen molar-refractivity contribution in [2.45, 2.75) is 38.7 Å². The summed E-state index contributed by atoms with van der Waals surface area (Å²) in [6.07, 6.45) is 3.88. The van der Waals surface area contributed by atoms with Crippen LogP contribution in [0, 0.1) is 17.8 Å². The molecular formula is C15H22O3. The number of hydrogen-bond donors (Lipinski definition) is 2. The van der Waals surface area contributed by atoms with Crippen LogP contribution < -0.4 is 0 Å². The van der Waals surface area contributed by atoms with Crippen molar-refractivity contribution >= 4 is 5.78 Å². The number of ketones is 1. The molecule has 0 aliphatic heterocycles. The Kier molecular flexibility index (Phi) is 3.47. The van der Waals surface area contributed by atoms with E-state index in [9.17, 15) is 15.0 Å². The summed E-state index contributed by atoms with van der Waals surface area (Å²) in [5.74, 6) is 0.400. The summed E-state index contributed by atoms with van der Waals surface area (Å²) >= 11 is 0. The zero-order valence-electron chi connectivity index (χ0n) is 11.1. The van der Waals surface area contributed by atoms with Crippen molar-refractivity contribution in [3.8, 4) is 0 Å². The van der Waals surface area contributed by atoms with Gasteiger partial charge in [0.05, 0.1) is 12.2 Å². The Morgan fingerprint density at radius 2 is 2.28 bits per heavy atom. The second-order valence-corrected chi connectivity index (χ2v) is 5.98. The molecule has 18 heavy (non-hydrogen) atoms. The number of aliphatic hydroxyl groups is 2. The second kappa shape index (κ2) is 4.63. The van der Waals surface area contributed by atoms with E-state index < -0.39 is 5.60 Å². The summed E-state index contributed by atoms with van der Waals surface area (Å²) in [6, 6.07) is 0. The Balaban J connectivity index is 2.36. The first-order chi connectivity index (χ1) is 8.36. The fraction of sp³-hybridized carbons (Fsp3) is 0.667. The Morgan fingerprint density at radius 3 is 2.89 bits per heavy atom. The van der Waals surface area contributed by atoms with Crippen LogP contribution in [0.4, 0.5) is 0 Å². The molecule has 0 amide bonds. The van der Waals surface area contributed by atoms with Gasteiger partial charge >= 0.3 is 0 Å². The Labute approximate surface area is 108 Å². The maximum atomic E-state index is 11.8. The Hall–Kier alpha value is -0.930. The lowest BCUT2D eigenvalue weighted by Gasteiger charge is -2.48. The third kappa shape index (κ3) is 2.17. The highest BCUT2D eigenvalue weighted by Crippen LogP contribution is 2.48. The number of fused-ring (bicyclic) bond motifs is 1. The van der Waals surface area contributed by atoms with E-state index in [0.29, 0.717) is 12.8 Å². The highest BCUT2D eigenvalue weighted by Gasteiger charge is 2.47. The quantitative estimate of drug-likeness (QED) is 0.735. The molecule has 2 rings (SSSR count). The lowest BCUT2D eigenvalue weighted by molar-refractivity contribution is -0.125. The van der Waals surface area contributed by atoms with E-state index in [4.69, 9.17) is 0 Å². The first-order valence-electron chi connectivity index (χ1n) is 6.59. The minimum Gasteiger partial charge on any atom is -0.392 e. The molecule has 3 nitrogen and oxygen atoms in total. The molecule has 1 fully saturated rings. The Morgan fingerprint density at radius 1 is 1.61 bits per heavy atom. The first-order valence-corrected chi connectivity index (χ1v) is 6.59. The standard InChI is InChI=1S/C15H22O3/c1-9-6-12-11(10(2)8-16)4-5-15(3,18)13(12)7-14(9)17/h6,11-13,16,18H,2,4-5,7-8H2,1,3H3/t11-,12-,13-,15+/m0/s1. The van der Waals surface area contributed by atoms with E-state index >= 15 is 0 Å². The second-order valence-electron chi connectivity index (χ2n) is 5.98. The molecule has 0 spiro atoms. The Bertz CT molecular complexity index is 406. The summed E-state index contributed by atoms with van der Waals surface area (Å²) in [4.78, 5) is 11.8. The van der Waals surface area contributed by atoms with Gasteiger partial charge in [-0.1, -0.05) is 12.7 Å². The van der Waals surface area contributed by atoms with Crippen molar-refractivity contribution < 1.29 is 15.0 Å². The predicted molar refractivity (Wildman–Crippen MR) is 69.9 cm³/mol. The fourth-order valence-electron chi connectivity index (χ4n) is 3.44. The first kappa shape index (κ1) is 13.5. The molecule has 0 saturated heterocycles. The summed E-state index contributed by atoms with van der Waals surface area (Å²) in [5.41, 5.74) is 0.813. The molecule has 2 aliphatic carbocycles. The van der Waals surface area contributed by atoms with Gasteiger partial charge in [0.2, 0.25) is 0 Å². The van der Waals surface area contributed by atoms with E-state index in [-0.39, 0.29) is 30.1 Å². The van der Waals surface area contributed by atoms with Gasteiger partial charge in [-0.3, -0.25) is 4.79 Å². The molecule has 0 unspecified atom stereocenters. The van der Waals surface area contributed by atoms with Crippen molar-refractivity contribution in [1.29, 1.82) is 0 Å². The van der Waals surface area contributed by atoms with Gasteiger partial charge in [0, 0.05) is 12.3 Å². The molecule has 0 heterocycles. The molecule has 4 atom stereocenters. The van der Waals surface area contributed by atoms with E-state index in [0.717, 1.165) is 17.6 Å². The summed E-state index contributed by atoms with van der Waals surface area (Å²) in [6.45, 7) is 7.57. The minimum absolute atomic E-state index is 0.0170. The van der Waals surface area contributed by atoms with Crippen molar-refractivity contribution in [1.82, 2.24) is 0 Å². The van der Waals surface area contributed by atoms with Crippen LogP contribution >= 0.6 is 0 Å². The van der Waals surface area contributed by atoms with Crippen LogP contribution in [0.15, 0.2) is 23.8 Å². The van der Waals surface area contributed by atoms with Gasteiger partial charge in [-0.15, -0.1) is 0 Å². The van der Waals surface area contributed by atoms with Gasteiger partial charge in [-0.05, 0) is 49.7 Å². The van der Waals surface area contributed by atoms with Crippen molar-refractivity contribution in [2.24, 2.45) is 17.8 Å². The van der Waals surface area contributed by atoms with E-state index in [1.807, 2.05) is 19.9 Å². The molecular weight excluding hydrogens is 228 g/mol. The van der Waals surface area contributed by atoms with Crippen LogP contribution in [0.2, 0.25) is 0 Å². The zero-order valence-corrected chi connectivity index (χ0v) is 11.1. The normalized spacial score (nSPS) is 40.1. The lowest BCUT2D eigenvalue weighted by atomic mass is 9.59. The molecule has 0 bridgehead atoms. The van der Waals surface area contributed by atoms with Gasteiger partial charge < -0.3 is 10.2 Å². The minimum atomic E-state index is -0.788. The van der Waals surface area contributed by atoms with Crippen LogP contribution in [0.1, 0.15) is 33.1 Å². The molecule has 0 radical (unpaired) electrons.